The molecule has 0 unspecified atom stereocenters. The highest BCUT2D eigenvalue weighted by Crippen LogP contribution is 2.61. The highest BCUT2D eigenvalue weighted by Gasteiger charge is 2.53. The zero-order valence-corrected chi connectivity index (χ0v) is 30.8. The number of aromatic nitrogens is 1. The molecule has 11 rings (SSSR count). The van der Waals surface area contributed by atoms with Crippen LogP contribution in [0.15, 0.2) is 193 Å². The number of nitrogens with zero attached hydrogens (tertiary/aromatic N) is 1. The van der Waals surface area contributed by atoms with Gasteiger partial charge in [-0.05, 0) is 96.9 Å². The average Bonchev–Trinajstić information content (AvgIpc) is 3.25. The third kappa shape index (κ3) is 4.28. The summed E-state index contributed by atoms with van der Waals surface area (Å²) in [5.41, 5.74) is 14.8. The van der Waals surface area contributed by atoms with Crippen LogP contribution in [0.5, 0.6) is 0 Å². The van der Waals surface area contributed by atoms with Gasteiger partial charge in [0.1, 0.15) is 0 Å². The summed E-state index contributed by atoms with van der Waals surface area (Å²) in [5.74, 6) is 0. The Morgan fingerprint density at radius 3 is 1.42 bits per heavy atom. The molecule has 2 heterocycles. The Hall–Kier alpha value is -6.77. The summed E-state index contributed by atoms with van der Waals surface area (Å²) in [6.07, 6.45) is 0. The Labute approximate surface area is 320 Å². The van der Waals surface area contributed by atoms with E-state index in [4.69, 9.17) is 0 Å². The van der Waals surface area contributed by atoms with Crippen LogP contribution in [0.4, 0.5) is 0 Å². The van der Waals surface area contributed by atoms with Gasteiger partial charge in [-0.2, -0.15) is 0 Å². The Morgan fingerprint density at radius 1 is 0.382 bits per heavy atom. The number of fused-ring (bicyclic) bond motifs is 10. The summed E-state index contributed by atoms with van der Waals surface area (Å²) in [4.78, 5) is 15.4. The second-order valence-electron chi connectivity index (χ2n) is 15.6. The van der Waals surface area contributed by atoms with Crippen LogP contribution >= 0.6 is 0 Å². The van der Waals surface area contributed by atoms with E-state index in [1.807, 2.05) is 12.1 Å². The van der Waals surface area contributed by atoms with E-state index < -0.39 is 5.41 Å². The first-order chi connectivity index (χ1) is 27.0. The van der Waals surface area contributed by atoms with Crippen molar-refractivity contribution in [2.75, 3.05) is 0 Å². The zero-order valence-electron chi connectivity index (χ0n) is 30.8. The van der Waals surface area contributed by atoms with Gasteiger partial charge in [0.2, 0.25) is 0 Å². The highest BCUT2D eigenvalue weighted by molar-refractivity contribution is 6.11. The van der Waals surface area contributed by atoms with Crippen LogP contribution in [0.2, 0.25) is 0 Å². The molecule has 0 amide bonds. The maximum absolute atomic E-state index is 15.4. The first-order valence-corrected chi connectivity index (χ1v) is 19.1. The molecular formula is C53H37NO. The van der Waals surface area contributed by atoms with Crippen LogP contribution in [0.3, 0.4) is 0 Å². The van der Waals surface area contributed by atoms with Gasteiger partial charge in [0.25, 0.3) is 5.56 Å². The van der Waals surface area contributed by atoms with Crippen LogP contribution in [0.25, 0.3) is 60.7 Å². The predicted octanol–water partition coefficient (Wildman–Crippen LogP) is 12.5. The minimum atomic E-state index is -0.774. The van der Waals surface area contributed by atoms with Crippen molar-refractivity contribution in [3.05, 3.63) is 232 Å². The standard InChI is InChI=1S/C53H37NO/c1-52(2)43-26-14-16-28-45(43)53(46-29-17-15-27-44(46)52)47-32-37(34-18-6-3-7-19-34)30-41(36-22-10-5-11-23-36)49(47)54-50-42(39-24-12-13-25-40(39)51(54)55)31-38(33-48(50)53)35-20-8-4-9-21-35/h3-33H,1-2H3. The Bertz CT molecular complexity index is 3020. The van der Waals surface area contributed by atoms with Crippen molar-refractivity contribution in [1.29, 1.82) is 0 Å². The normalized spacial score (nSPS) is 14.4. The SMILES string of the molecule is CC1(C)c2ccccc2C2(c3ccccc31)c1cc(-c3ccccc3)cc(-c3ccccc3)c1-n1c(=O)c3ccccc3c3cc(-c4ccccc4)cc2c31. The Morgan fingerprint density at radius 2 is 0.836 bits per heavy atom. The number of hydrogen-bond donors (Lipinski definition) is 0. The van der Waals surface area contributed by atoms with Crippen molar-refractivity contribution in [2.24, 2.45) is 0 Å². The lowest BCUT2D eigenvalue weighted by atomic mass is 9.53. The molecule has 8 aromatic carbocycles. The molecule has 55 heavy (non-hydrogen) atoms. The van der Waals surface area contributed by atoms with Crippen LogP contribution < -0.4 is 5.56 Å². The first kappa shape index (κ1) is 31.7. The fraction of sp³-hybridized carbons (Fsp3) is 0.0755. The lowest BCUT2D eigenvalue weighted by molar-refractivity contribution is 0.555. The number of rotatable bonds is 3. The van der Waals surface area contributed by atoms with E-state index in [0.717, 1.165) is 66.5 Å². The second-order valence-corrected chi connectivity index (χ2v) is 15.6. The molecule has 1 aliphatic heterocycles. The van der Waals surface area contributed by atoms with Gasteiger partial charge in [0.05, 0.1) is 16.6 Å². The van der Waals surface area contributed by atoms with Gasteiger partial charge in [0, 0.05) is 21.8 Å². The van der Waals surface area contributed by atoms with Crippen molar-refractivity contribution in [3.63, 3.8) is 0 Å². The first-order valence-electron chi connectivity index (χ1n) is 19.1. The lowest BCUT2D eigenvalue weighted by Crippen LogP contribution is -2.45. The van der Waals surface area contributed by atoms with E-state index in [1.165, 1.54) is 22.3 Å². The molecule has 0 atom stereocenters. The predicted molar refractivity (Wildman–Crippen MR) is 227 cm³/mol. The molecule has 260 valence electrons. The zero-order chi connectivity index (χ0) is 36.9. The van der Waals surface area contributed by atoms with Crippen molar-refractivity contribution in [2.45, 2.75) is 24.7 Å². The van der Waals surface area contributed by atoms with E-state index in [1.54, 1.807) is 0 Å². The fourth-order valence-electron chi connectivity index (χ4n) is 10.0. The van der Waals surface area contributed by atoms with Crippen LogP contribution in [0.1, 0.15) is 47.2 Å². The third-order valence-corrected chi connectivity index (χ3v) is 12.4. The van der Waals surface area contributed by atoms with Crippen LogP contribution in [-0.2, 0) is 10.8 Å². The fourth-order valence-corrected chi connectivity index (χ4v) is 10.0. The van der Waals surface area contributed by atoms with E-state index in [9.17, 15) is 0 Å². The molecule has 1 spiro atoms. The molecule has 1 aliphatic carbocycles. The number of pyridine rings is 1. The summed E-state index contributed by atoms with van der Waals surface area (Å²) in [6, 6.07) is 67.7. The minimum absolute atomic E-state index is 0.00439. The topological polar surface area (TPSA) is 22.0 Å². The van der Waals surface area contributed by atoms with E-state index in [-0.39, 0.29) is 11.0 Å². The van der Waals surface area contributed by atoms with Crippen molar-refractivity contribution < 1.29 is 0 Å². The molecule has 0 bridgehead atoms. The molecule has 1 aromatic heterocycles. The maximum atomic E-state index is 15.4. The van der Waals surface area contributed by atoms with Gasteiger partial charge < -0.3 is 0 Å². The summed E-state index contributed by atoms with van der Waals surface area (Å²) < 4.78 is 2.07. The van der Waals surface area contributed by atoms with Crippen LogP contribution in [0, 0.1) is 0 Å². The second kappa shape index (κ2) is 11.6. The summed E-state index contributed by atoms with van der Waals surface area (Å²) in [5, 5.41) is 2.75. The van der Waals surface area contributed by atoms with Crippen molar-refractivity contribution >= 4 is 21.7 Å². The smallest absolute Gasteiger partial charge is 0.263 e. The highest BCUT2D eigenvalue weighted by atomic mass is 16.1. The van der Waals surface area contributed by atoms with E-state index >= 15 is 4.79 Å². The molecule has 0 saturated carbocycles. The maximum Gasteiger partial charge on any atom is 0.263 e. The van der Waals surface area contributed by atoms with Gasteiger partial charge in [-0.25, -0.2) is 0 Å². The molecular weight excluding hydrogens is 667 g/mol. The Balaban J connectivity index is 1.47. The molecule has 0 N–H and O–H groups in total. The Kier molecular flexibility index (Phi) is 6.70. The summed E-state index contributed by atoms with van der Waals surface area (Å²) in [6.45, 7) is 4.72. The third-order valence-electron chi connectivity index (χ3n) is 12.4. The van der Waals surface area contributed by atoms with Gasteiger partial charge in [-0.15, -0.1) is 0 Å². The molecule has 0 saturated heterocycles. The molecule has 2 heteroatoms. The van der Waals surface area contributed by atoms with Crippen molar-refractivity contribution in [1.82, 2.24) is 4.57 Å². The quantitative estimate of drug-likeness (QED) is 0.168. The van der Waals surface area contributed by atoms with Gasteiger partial charge in [0.15, 0.2) is 0 Å². The largest absolute Gasteiger partial charge is 0.275 e. The molecule has 0 fully saturated rings. The minimum Gasteiger partial charge on any atom is -0.275 e. The molecule has 0 radical (unpaired) electrons. The molecule has 9 aromatic rings. The lowest BCUT2D eigenvalue weighted by Gasteiger charge is -2.50. The molecule has 2 aliphatic rings. The number of benzene rings is 8. The number of hydrogen-bond acceptors (Lipinski definition) is 1. The van der Waals surface area contributed by atoms with Gasteiger partial charge in [-0.3, -0.25) is 9.36 Å². The van der Waals surface area contributed by atoms with Crippen LogP contribution in [-0.4, -0.2) is 4.57 Å². The molecule has 2 nitrogen and oxygen atoms in total. The average molecular weight is 704 g/mol. The monoisotopic (exact) mass is 703 g/mol. The van der Waals surface area contributed by atoms with E-state index in [0.29, 0.717) is 5.39 Å². The van der Waals surface area contributed by atoms with Gasteiger partial charge >= 0.3 is 0 Å². The van der Waals surface area contributed by atoms with Gasteiger partial charge in [-0.1, -0.05) is 172 Å². The summed E-state index contributed by atoms with van der Waals surface area (Å²) >= 11 is 0. The van der Waals surface area contributed by atoms with Crippen molar-refractivity contribution in [3.8, 4) is 39.1 Å². The van der Waals surface area contributed by atoms with E-state index in [2.05, 4.69) is 194 Å². The summed E-state index contributed by atoms with van der Waals surface area (Å²) in [7, 11) is 0.